The second-order valence-electron chi connectivity index (χ2n) is 4.89. The van der Waals surface area contributed by atoms with E-state index in [2.05, 4.69) is 21.2 Å². The van der Waals surface area contributed by atoms with Crippen LogP contribution < -0.4 is 5.32 Å². The number of para-hydroxylation sites is 1. The Bertz CT molecular complexity index is 744. The van der Waals surface area contributed by atoms with Gasteiger partial charge in [-0.25, -0.2) is 0 Å². The highest BCUT2D eigenvalue weighted by Gasteiger charge is 2.15. The van der Waals surface area contributed by atoms with Gasteiger partial charge in [0.15, 0.2) is 0 Å². The van der Waals surface area contributed by atoms with Crippen LogP contribution in [0.1, 0.15) is 29.1 Å². The molecular formula is C17H14BrNO2. The fourth-order valence-corrected chi connectivity index (χ4v) is 2.43. The van der Waals surface area contributed by atoms with Crippen LogP contribution in [-0.4, -0.2) is 5.91 Å². The summed E-state index contributed by atoms with van der Waals surface area (Å²) < 4.78 is 6.71. The Balaban J connectivity index is 1.77. The molecule has 1 amide bonds. The Morgan fingerprint density at radius 1 is 1.14 bits per heavy atom. The van der Waals surface area contributed by atoms with Gasteiger partial charge in [0.2, 0.25) is 0 Å². The lowest BCUT2D eigenvalue weighted by atomic mass is 10.1. The number of amides is 1. The molecule has 0 radical (unpaired) electrons. The average Bonchev–Trinajstić information content (AvgIpc) is 2.92. The predicted octanol–water partition coefficient (Wildman–Crippen LogP) is 4.69. The van der Waals surface area contributed by atoms with Gasteiger partial charge >= 0.3 is 0 Å². The van der Waals surface area contributed by atoms with E-state index in [9.17, 15) is 4.79 Å². The molecule has 2 aromatic carbocycles. The summed E-state index contributed by atoms with van der Waals surface area (Å²) in [6.07, 6.45) is 0. The maximum absolute atomic E-state index is 12.2. The molecule has 0 saturated carbocycles. The second-order valence-corrected chi connectivity index (χ2v) is 5.80. The van der Waals surface area contributed by atoms with Crippen LogP contribution in [0.15, 0.2) is 63.5 Å². The van der Waals surface area contributed by atoms with Crippen molar-refractivity contribution in [2.75, 3.05) is 0 Å². The molecule has 1 atom stereocenters. The van der Waals surface area contributed by atoms with Crippen LogP contribution in [0.3, 0.4) is 0 Å². The van der Waals surface area contributed by atoms with E-state index in [0.717, 1.165) is 21.2 Å². The smallest absolute Gasteiger partial charge is 0.251 e. The van der Waals surface area contributed by atoms with E-state index in [1.54, 1.807) is 12.1 Å². The molecule has 1 unspecified atom stereocenters. The fourth-order valence-electron chi connectivity index (χ4n) is 2.17. The highest BCUT2D eigenvalue weighted by molar-refractivity contribution is 9.10. The van der Waals surface area contributed by atoms with E-state index >= 15 is 0 Å². The molecule has 3 rings (SSSR count). The Labute approximate surface area is 131 Å². The van der Waals surface area contributed by atoms with Gasteiger partial charge in [-0.3, -0.25) is 4.79 Å². The lowest BCUT2D eigenvalue weighted by Gasteiger charge is -2.11. The summed E-state index contributed by atoms with van der Waals surface area (Å²) in [7, 11) is 0. The molecule has 0 aliphatic rings. The molecule has 0 saturated heterocycles. The number of nitrogens with one attached hydrogen (secondary N) is 1. The highest BCUT2D eigenvalue weighted by Crippen LogP contribution is 2.23. The summed E-state index contributed by atoms with van der Waals surface area (Å²) in [6, 6.07) is 16.8. The van der Waals surface area contributed by atoms with Crippen LogP contribution in [0.5, 0.6) is 0 Å². The van der Waals surface area contributed by atoms with Gasteiger partial charge < -0.3 is 9.73 Å². The van der Waals surface area contributed by atoms with E-state index in [1.165, 1.54) is 0 Å². The maximum Gasteiger partial charge on any atom is 0.251 e. The van der Waals surface area contributed by atoms with Crippen molar-refractivity contribution in [2.24, 2.45) is 0 Å². The van der Waals surface area contributed by atoms with Gasteiger partial charge in [0, 0.05) is 15.4 Å². The van der Waals surface area contributed by atoms with Crippen molar-refractivity contribution < 1.29 is 9.21 Å². The van der Waals surface area contributed by atoms with Crippen LogP contribution >= 0.6 is 15.9 Å². The van der Waals surface area contributed by atoms with Crippen molar-refractivity contribution >= 4 is 32.8 Å². The van der Waals surface area contributed by atoms with Crippen LogP contribution in [0.25, 0.3) is 11.0 Å². The Morgan fingerprint density at radius 3 is 2.57 bits per heavy atom. The lowest BCUT2D eigenvalue weighted by Crippen LogP contribution is -2.26. The maximum atomic E-state index is 12.2. The van der Waals surface area contributed by atoms with Crippen molar-refractivity contribution in [1.82, 2.24) is 5.32 Å². The van der Waals surface area contributed by atoms with Gasteiger partial charge in [-0.2, -0.15) is 0 Å². The lowest BCUT2D eigenvalue weighted by molar-refractivity contribution is 0.0935. The van der Waals surface area contributed by atoms with E-state index in [4.69, 9.17) is 4.42 Å². The molecular weight excluding hydrogens is 330 g/mol. The number of rotatable bonds is 3. The first-order valence-corrected chi connectivity index (χ1v) is 7.48. The van der Waals surface area contributed by atoms with E-state index < -0.39 is 0 Å². The number of fused-ring (bicyclic) bond motifs is 1. The minimum absolute atomic E-state index is 0.115. The molecule has 1 heterocycles. The molecule has 0 spiro atoms. The van der Waals surface area contributed by atoms with E-state index in [-0.39, 0.29) is 11.9 Å². The SMILES string of the molecule is CC(NC(=O)c1ccc(Br)cc1)c1cc2ccccc2o1. The Hall–Kier alpha value is -2.07. The Kier molecular flexibility index (Phi) is 3.80. The van der Waals surface area contributed by atoms with Crippen molar-refractivity contribution in [2.45, 2.75) is 13.0 Å². The molecule has 1 N–H and O–H groups in total. The zero-order valence-electron chi connectivity index (χ0n) is 11.5. The number of hydrogen-bond acceptors (Lipinski definition) is 2. The number of carbonyl (C=O) groups is 1. The molecule has 3 aromatic rings. The van der Waals surface area contributed by atoms with Crippen molar-refractivity contribution in [3.63, 3.8) is 0 Å². The quantitative estimate of drug-likeness (QED) is 0.749. The molecule has 0 aliphatic heterocycles. The fraction of sp³-hybridized carbons (Fsp3) is 0.118. The van der Waals surface area contributed by atoms with Gasteiger partial charge in [0.25, 0.3) is 5.91 Å². The summed E-state index contributed by atoms with van der Waals surface area (Å²) in [4.78, 5) is 12.2. The molecule has 1 aromatic heterocycles. The number of furan rings is 1. The highest BCUT2D eigenvalue weighted by atomic mass is 79.9. The third-order valence-corrected chi connectivity index (χ3v) is 3.85. The number of carbonyl (C=O) groups excluding carboxylic acids is 1. The van der Waals surface area contributed by atoms with Crippen molar-refractivity contribution in [3.8, 4) is 0 Å². The number of hydrogen-bond donors (Lipinski definition) is 1. The molecule has 21 heavy (non-hydrogen) atoms. The summed E-state index contributed by atoms with van der Waals surface area (Å²) >= 11 is 3.36. The first-order chi connectivity index (χ1) is 10.1. The molecule has 0 aliphatic carbocycles. The first-order valence-electron chi connectivity index (χ1n) is 6.68. The van der Waals surface area contributed by atoms with Gasteiger partial charge in [-0.1, -0.05) is 34.1 Å². The third kappa shape index (κ3) is 3.00. The van der Waals surface area contributed by atoms with Gasteiger partial charge in [-0.05, 0) is 43.3 Å². The van der Waals surface area contributed by atoms with Crippen LogP contribution in [-0.2, 0) is 0 Å². The van der Waals surface area contributed by atoms with Gasteiger partial charge in [0.05, 0.1) is 6.04 Å². The zero-order chi connectivity index (χ0) is 14.8. The van der Waals surface area contributed by atoms with Crippen LogP contribution in [0.4, 0.5) is 0 Å². The van der Waals surface area contributed by atoms with Crippen LogP contribution in [0, 0.1) is 0 Å². The normalized spacial score (nSPS) is 12.3. The minimum atomic E-state index is -0.187. The number of halogens is 1. The summed E-state index contributed by atoms with van der Waals surface area (Å²) in [5.74, 6) is 0.636. The molecule has 3 nitrogen and oxygen atoms in total. The summed E-state index contributed by atoms with van der Waals surface area (Å²) in [5, 5.41) is 3.98. The van der Waals surface area contributed by atoms with E-state index in [1.807, 2.05) is 49.4 Å². The second kappa shape index (κ2) is 5.74. The average molecular weight is 344 g/mol. The molecule has 0 fully saturated rings. The first kappa shape index (κ1) is 13.9. The predicted molar refractivity (Wildman–Crippen MR) is 86.2 cm³/mol. The van der Waals surface area contributed by atoms with Crippen molar-refractivity contribution in [1.29, 1.82) is 0 Å². The zero-order valence-corrected chi connectivity index (χ0v) is 13.1. The van der Waals surface area contributed by atoms with Gasteiger partial charge in [0.1, 0.15) is 11.3 Å². The monoisotopic (exact) mass is 343 g/mol. The summed E-state index contributed by atoms with van der Waals surface area (Å²) in [6.45, 7) is 1.91. The molecule has 0 bridgehead atoms. The Morgan fingerprint density at radius 2 is 1.86 bits per heavy atom. The van der Waals surface area contributed by atoms with Crippen LogP contribution in [0.2, 0.25) is 0 Å². The molecule has 4 heteroatoms. The van der Waals surface area contributed by atoms with Gasteiger partial charge in [-0.15, -0.1) is 0 Å². The van der Waals surface area contributed by atoms with E-state index in [0.29, 0.717) is 5.56 Å². The summed E-state index contributed by atoms with van der Waals surface area (Å²) in [5.41, 5.74) is 1.46. The number of benzene rings is 2. The third-order valence-electron chi connectivity index (χ3n) is 3.33. The minimum Gasteiger partial charge on any atom is -0.459 e. The van der Waals surface area contributed by atoms with Crippen molar-refractivity contribution in [3.05, 3.63) is 70.4 Å². The topological polar surface area (TPSA) is 42.2 Å². The largest absolute Gasteiger partial charge is 0.459 e. The standard InChI is InChI=1S/C17H14BrNO2/c1-11(16-10-13-4-2-3-5-15(13)21-16)19-17(20)12-6-8-14(18)9-7-12/h2-11H,1H3,(H,19,20). The molecule has 106 valence electrons.